The molecule has 0 saturated carbocycles. The predicted octanol–water partition coefficient (Wildman–Crippen LogP) is 0.583. The summed E-state index contributed by atoms with van der Waals surface area (Å²) in [6, 6.07) is 0. The lowest BCUT2D eigenvalue weighted by atomic mass is 10.1. The Morgan fingerprint density at radius 1 is 1.45 bits per heavy atom. The third kappa shape index (κ3) is 2.63. The van der Waals surface area contributed by atoms with E-state index >= 15 is 0 Å². The van der Waals surface area contributed by atoms with Crippen molar-refractivity contribution < 1.29 is 9.64 Å². The molecule has 108 valence electrons. The van der Waals surface area contributed by atoms with Gasteiger partial charge in [-0.2, -0.15) is 0 Å². The summed E-state index contributed by atoms with van der Waals surface area (Å²) in [4.78, 5) is 13.1. The van der Waals surface area contributed by atoms with E-state index in [1.807, 2.05) is 0 Å². The number of thioether (sulfide) groups is 1. The van der Waals surface area contributed by atoms with Crippen molar-refractivity contribution in [2.45, 2.75) is 18.1 Å². The van der Waals surface area contributed by atoms with Gasteiger partial charge in [0.1, 0.15) is 17.2 Å². The number of rotatable bonds is 4. The lowest BCUT2D eigenvalue weighted by Gasteiger charge is -2.19. The van der Waals surface area contributed by atoms with Crippen molar-refractivity contribution in [1.82, 2.24) is 9.97 Å². The number of nitrogens with one attached hydrogen (secondary N) is 1. The van der Waals surface area contributed by atoms with Crippen LogP contribution in [0.1, 0.15) is 10.4 Å². The number of hydrogen-bond donors (Lipinski definition) is 2. The third-order valence-corrected chi connectivity index (χ3v) is 5.46. The molecule has 1 aliphatic rings. The van der Waals surface area contributed by atoms with E-state index in [2.05, 4.69) is 17.0 Å². The summed E-state index contributed by atoms with van der Waals surface area (Å²) in [5.74, 6) is 1.48. The van der Waals surface area contributed by atoms with Gasteiger partial charge < -0.3 is 15.4 Å². The van der Waals surface area contributed by atoms with Crippen molar-refractivity contribution in [3.63, 3.8) is 0 Å². The van der Waals surface area contributed by atoms with E-state index in [1.165, 1.54) is 10.4 Å². The molecule has 3 N–H and O–H groups in total. The van der Waals surface area contributed by atoms with E-state index in [-0.39, 0.29) is 0 Å². The summed E-state index contributed by atoms with van der Waals surface area (Å²) in [6.45, 7) is 2.92. The molecular weight excluding hydrogens is 292 g/mol. The minimum Gasteiger partial charge on any atom is -0.384 e. The predicted molar refractivity (Wildman–Crippen MR) is 83.6 cm³/mol. The summed E-state index contributed by atoms with van der Waals surface area (Å²) in [6.07, 6.45) is 1.07. The van der Waals surface area contributed by atoms with Crippen molar-refractivity contribution in [2.75, 3.05) is 38.8 Å². The number of quaternary nitrogens is 1. The summed E-state index contributed by atoms with van der Waals surface area (Å²) < 4.78 is 5.05. The number of nitrogens with two attached hydrogens (primary N) is 1. The van der Waals surface area contributed by atoms with Crippen LogP contribution in [-0.4, -0.2) is 43.0 Å². The first-order valence-electron chi connectivity index (χ1n) is 6.70. The van der Waals surface area contributed by atoms with Gasteiger partial charge in [-0.15, -0.1) is 11.3 Å². The van der Waals surface area contributed by atoms with E-state index in [4.69, 9.17) is 10.5 Å². The molecule has 3 rings (SSSR count). The van der Waals surface area contributed by atoms with Gasteiger partial charge in [0.2, 0.25) is 0 Å². The molecule has 0 saturated heterocycles. The van der Waals surface area contributed by atoms with E-state index in [1.54, 1.807) is 35.1 Å². The maximum absolute atomic E-state index is 6.17. The molecule has 3 heterocycles. The highest BCUT2D eigenvalue weighted by Crippen LogP contribution is 2.35. The normalized spacial score (nSPS) is 18.4. The second-order valence-corrected chi connectivity index (χ2v) is 7.20. The molecule has 2 aromatic heterocycles. The van der Waals surface area contributed by atoms with Crippen LogP contribution in [0.25, 0.3) is 10.2 Å². The summed E-state index contributed by atoms with van der Waals surface area (Å²) in [5, 5.41) is 1.85. The van der Waals surface area contributed by atoms with Crippen molar-refractivity contribution >= 4 is 39.1 Å². The number of thiophene rings is 1. The zero-order chi connectivity index (χ0) is 14.1. The van der Waals surface area contributed by atoms with Gasteiger partial charge in [-0.3, -0.25) is 0 Å². The fourth-order valence-corrected chi connectivity index (χ4v) is 4.65. The van der Waals surface area contributed by atoms with Crippen LogP contribution in [0.15, 0.2) is 5.16 Å². The standard InChI is InChI=1S/C13H18N4OS2/c1-17-4-3-8-9(7-17)20-12-10(8)11(14)15-13(16-12)19-6-5-18-2/h3-7H2,1-2H3,(H2,14,15,16)/p+1. The number of likely N-dealkylation sites (N-methyl/N-ethyl adjacent to an activating group) is 1. The van der Waals surface area contributed by atoms with Gasteiger partial charge >= 0.3 is 0 Å². The number of nitrogens with zero attached hydrogens (tertiary/aromatic N) is 2. The summed E-state index contributed by atoms with van der Waals surface area (Å²) in [7, 11) is 3.93. The Kier molecular flexibility index (Phi) is 4.11. The number of methoxy groups -OCH3 is 1. The average Bonchev–Trinajstić information content (AvgIpc) is 2.76. The number of aromatic nitrogens is 2. The highest BCUT2D eigenvalue weighted by atomic mass is 32.2. The fourth-order valence-electron chi connectivity index (χ4n) is 2.50. The van der Waals surface area contributed by atoms with Crippen molar-refractivity contribution in [3.05, 3.63) is 10.4 Å². The van der Waals surface area contributed by atoms with E-state index in [9.17, 15) is 0 Å². The first-order valence-corrected chi connectivity index (χ1v) is 8.50. The zero-order valence-electron chi connectivity index (χ0n) is 11.7. The maximum atomic E-state index is 6.17. The zero-order valence-corrected chi connectivity index (χ0v) is 13.4. The van der Waals surface area contributed by atoms with E-state index in [0.717, 1.165) is 40.6 Å². The molecule has 1 atom stereocenters. The molecular formula is C13H19N4OS2+. The summed E-state index contributed by atoms with van der Waals surface area (Å²) >= 11 is 3.37. The molecule has 1 unspecified atom stereocenters. The smallest absolute Gasteiger partial charge is 0.190 e. The second-order valence-electron chi connectivity index (χ2n) is 5.05. The molecule has 2 aromatic rings. The lowest BCUT2D eigenvalue weighted by molar-refractivity contribution is -0.895. The van der Waals surface area contributed by atoms with Gasteiger partial charge in [-0.1, -0.05) is 11.8 Å². The van der Waals surface area contributed by atoms with Crippen molar-refractivity contribution in [2.24, 2.45) is 0 Å². The quantitative estimate of drug-likeness (QED) is 0.491. The molecule has 7 heteroatoms. The topological polar surface area (TPSA) is 65.5 Å². The Morgan fingerprint density at radius 2 is 2.30 bits per heavy atom. The van der Waals surface area contributed by atoms with Gasteiger partial charge in [0.25, 0.3) is 0 Å². The lowest BCUT2D eigenvalue weighted by Crippen LogP contribution is -3.08. The highest BCUT2D eigenvalue weighted by Gasteiger charge is 2.24. The molecule has 0 bridgehead atoms. The van der Waals surface area contributed by atoms with Gasteiger partial charge in [0.15, 0.2) is 5.16 Å². The van der Waals surface area contributed by atoms with Crippen molar-refractivity contribution in [1.29, 1.82) is 0 Å². The molecule has 0 spiro atoms. The van der Waals surface area contributed by atoms with Crippen LogP contribution in [-0.2, 0) is 17.7 Å². The van der Waals surface area contributed by atoms with Crippen LogP contribution in [0.5, 0.6) is 0 Å². The van der Waals surface area contributed by atoms with Crippen LogP contribution in [0.3, 0.4) is 0 Å². The number of hydrogen-bond acceptors (Lipinski definition) is 6. The van der Waals surface area contributed by atoms with Crippen LogP contribution in [0.4, 0.5) is 5.82 Å². The minimum absolute atomic E-state index is 0.631. The Hall–Kier alpha value is -0.890. The molecule has 0 aromatic carbocycles. The van der Waals surface area contributed by atoms with Gasteiger partial charge in [-0.05, 0) is 5.56 Å². The molecule has 0 amide bonds. The number of fused-ring (bicyclic) bond motifs is 3. The molecule has 20 heavy (non-hydrogen) atoms. The molecule has 0 fully saturated rings. The van der Waals surface area contributed by atoms with E-state index < -0.39 is 0 Å². The molecule has 1 aliphatic heterocycles. The maximum Gasteiger partial charge on any atom is 0.190 e. The highest BCUT2D eigenvalue weighted by molar-refractivity contribution is 7.99. The average molecular weight is 311 g/mol. The Bertz CT molecular complexity index is 628. The minimum atomic E-state index is 0.631. The summed E-state index contributed by atoms with van der Waals surface area (Å²) in [5.41, 5.74) is 7.55. The van der Waals surface area contributed by atoms with Gasteiger partial charge in [0.05, 0.1) is 30.5 Å². The fraction of sp³-hybridized carbons (Fsp3) is 0.538. The number of anilines is 1. The van der Waals surface area contributed by atoms with Crippen molar-refractivity contribution in [3.8, 4) is 0 Å². The van der Waals surface area contributed by atoms with Crippen LogP contribution in [0, 0.1) is 0 Å². The molecule has 0 radical (unpaired) electrons. The largest absolute Gasteiger partial charge is 0.384 e. The third-order valence-electron chi connectivity index (χ3n) is 3.52. The van der Waals surface area contributed by atoms with Crippen LogP contribution < -0.4 is 10.6 Å². The van der Waals surface area contributed by atoms with Gasteiger partial charge in [0, 0.05) is 19.3 Å². The Morgan fingerprint density at radius 3 is 3.10 bits per heavy atom. The first-order chi connectivity index (χ1) is 9.69. The van der Waals surface area contributed by atoms with Crippen LogP contribution in [0.2, 0.25) is 0 Å². The number of ether oxygens (including phenoxy) is 1. The number of nitrogen functional groups attached to an aromatic ring is 1. The monoisotopic (exact) mass is 311 g/mol. The van der Waals surface area contributed by atoms with Gasteiger partial charge in [-0.25, -0.2) is 9.97 Å². The Labute approximate surface area is 126 Å². The Balaban J connectivity index is 1.96. The van der Waals surface area contributed by atoms with Crippen LogP contribution >= 0.6 is 23.1 Å². The van der Waals surface area contributed by atoms with E-state index in [0.29, 0.717) is 12.4 Å². The second kappa shape index (κ2) is 5.85. The molecule has 0 aliphatic carbocycles. The molecule has 5 nitrogen and oxygen atoms in total. The SMILES string of the molecule is COCCSc1nc(N)c2c3c(sc2n1)C[NH+](C)CC3. The first kappa shape index (κ1) is 14.1.